The summed E-state index contributed by atoms with van der Waals surface area (Å²) in [5, 5.41) is 12.0. The topological polar surface area (TPSA) is 78.9 Å². The van der Waals surface area contributed by atoms with Crippen LogP contribution >= 0.6 is 0 Å². The van der Waals surface area contributed by atoms with Crippen LogP contribution in [0.2, 0.25) is 0 Å². The summed E-state index contributed by atoms with van der Waals surface area (Å²) < 4.78 is 5.70. The molecule has 1 heterocycles. The lowest BCUT2D eigenvalue weighted by atomic mass is 10.1. The Labute approximate surface area is 119 Å². The molecule has 0 radical (unpaired) electrons. The molecule has 1 saturated heterocycles. The first-order valence-corrected chi connectivity index (χ1v) is 7.42. The fraction of sp³-hybridized carbons (Fsp3) is 0.857. The molecule has 2 aliphatic rings. The van der Waals surface area contributed by atoms with Crippen LogP contribution in [0.1, 0.15) is 33.1 Å². The van der Waals surface area contributed by atoms with Crippen LogP contribution in [0.3, 0.4) is 0 Å². The number of ether oxygens (including phenoxy) is 1. The molecule has 114 valence electrons. The summed E-state index contributed by atoms with van der Waals surface area (Å²) in [6.45, 7) is 4.91. The summed E-state index contributed by atoms with van der Waals surface area (Å²) in [6.07, 6.45) is 3.36. The first-order chi connectivity index (χ1) is 9.52. The first-order valence-electron chi connectivity index (χ1n) is 7.42. The van der Waals surface area contributed by atoms with E-state index in [1.807, 2.05) is 6.92 Å². The van der Waals surface area contributed by atoms with Gasteiger partial charge >= 0.3 is 12.0 Å². The van der Waals surface area contributed by atoms with Gasteiger partial charge < -0.3 is 20.1 Å². The highest BCUT2D eigenvalue weighted by atomic mass is 16.5. The monoisotopic (exact) mass is 284 g/mol. The summed E-state index contributed by atoms with van der Waals surface area (Å²) in [5.74, 6) is -0.841. The maximum absolute atomic E-state index is 12.2. The lowest BCUT2D eigenvalue weighted by molar-refractivity contribution is -0.141. The van der Waals surface area contributed by atoms with Crippen molar-refractivity contribution in [3.05, 3.63) is 0 Å². The molecular formula is C14H24N2O4. The molecule has 0 aromatic rings. The molecule has 1 aliphatic heterocycles. The van der Waals surface area contributed by atoms with Gasteiger partial charge in [0, 0.05) is 19.7 Å². The number of nitrogens with zero attached hydrogens (tertiary/aromatic N) is 1. The van der Waals surface area contributed by atoms with Gasteiger partial charge in [0.05, 0.1) is 18.1 Å². The number of carbonyl (C=O) groups is 2. The first kappa shape index (κ1) is 15.1. The standard InChI is InChI=1S/C14H24N2O4/c1-3-16(8-9(2)13(17)18)14(19)15-11-6-7-20-12(11)10-4-5-10/h9-12H,3-8H2,1-2H3,(H,15,19)(H,17,18). The van der Waals surface area contributed by atoms with Crippen molar-refractivity contribution in [2.75, 3.05) is 19.7 Å². The van der Waals surface area contributed by atoms with E-state index >= 15 is 0 Å². The van der Waals surface area contributed by atoms with Gasteiger partial charge in [-0.15, -0.1) is 0 Å². The van der Waals surface area contributed by atoms with E-state index in [-0.39, 0.29) is 24.7 Å². The highest BCUT2D eigenvalue weighted by Crippen LogP contribution is 2.38. The molecule has 1 aliphatic carbocycles. The second-order valence-electron chi connectivity index (χ2n) is 5.80. The summed E-state index contributed by atoms with van der Waals surface area (Å²) in [7, 11) is 0. The second-order valence-corrected chi connectivity index (χ2v) is 5.80. The zero-order valence-electron chi connectivity index (χ0n) is 12.2. The number of urea groups is 1. The van der Waals surface area contributed by atoms with Crippen molar-refractivity contribution in [1.82, 2.24) is 10.2 Å². The summed E-state index contributed by atoms with van der Waals surface area (Å²) in [5.41, 5.74) is 0. The van der Waals surface area contributed by atoms with E-state index in [0.29, 0.717) is 19.1 Å². The van der Waals surface area contributed by atoms with Crippen LogP contribution < -0.4 is 5.32 Å². The predicted octanol–water partition coefficient (Wildman–Crippen LogP) is 1.31. The van der Waals surface area contributed by atoms with Crippen molar-refractivity contribution in [1.29, 1.82) is 0 Å². The Morgan fingerprint density at radius 3 is 2.65 bits per heavy atom. The van der Waals surface area contributed by atoms with E-state index in [9.17, 15) is 9.59 Å². The van der Waals surface area contributed by atoms with Crippen LogP contribution in [-0.4, -0.2) is 53.8 Å². The van der Waals surface area contributed by atoms with Crippen molar-refractivity contribution in [3.63, 3.8) is 0 Å². The molecule has 1 saturated carbocycles. The van der Waals surface area contributed by atoms with Gasteiger partial charge in [0.2, 0.25) is 0 Å². The summed E-state index contributed by atoms with van der Waals surface area (Å²) in [6, 6.07) is -0.106. The van der Waals surface area contributed by atoms with Crippen LogP contribution in [0, 0.1) is 11.8 Å². The quantitative estimate of drug-likeness (QED) is 0.770. The smallest absolute Gasteiger partial charge is 0.317 e. The third-order valence-corrected chi connectivity index (χ3v) is 4.12. The van der Waals surface area contributed by atoms with Crippen molar-refractivity contribution in [2.24, 2.45) is 11.8 Å². The normalized spacial score (nSPS) is 27.1. The lowest BCUT2D eigenvalue weighted by Gasteiger charge is -2.27. The maximum Gasteiger partial charge on any atom is 0.317 e. The Hall–Kier alpha value is -1.30. The van der Waals surface area contributed by atoms with E-state index in [0.717, 1.165) is 6.42 Å². The minimum absolute atomic E-state index is 0.0733. The van der Waals surface area contributed by atoms with Gasteiger partial charge in [-0.05, 0) is 32.1 Å². The van der Waals surface area contributed by atoms with Crippen LogP contribution in [-0.2, 0) is 9.53 Å². The van der Waals surface area contributed by atoms with E-state index in [1.165, 1.54) is 12.8 Å². The van der Waals surface area contributed by atoms with Gasteiger partial charge in [-0.1, -0.05) is 6.92 Å². The molecular weight excluding hydrogens is 260 g/mol. The molecule has 0 bridgehead atoms. The molecule has 6 nitrogen and oxygen atoms in total. The summed E-state index contributed by atoms with van der Waals surface area (Å²) in [4.78, 5) is 24.7. The Morgan fingerprint density at radius 2 is 2.10 bits per heavy atom. The third-order valence-electron chi connectivity index (χ3n) is 4.12. The molecule has 0 spiro atoms. The molecule has 2 rings (SSSR count). The predicted molar refractivity (Wildman–Crippen MR) is 73.4 cm³/mol. The SMILES string of the molecule is CCN(CC(C)C(=O)O)C(=O)NC1CCOC1C1CC1. The zero-order valence-corrected chi connectivity index (χ0v) is 12.2. The molecule has 3 atom stereocenters. The van der Waals surface area contributed by atoms with Crippen LogP contribution in [0.5, 0.6) is 0 Å². The Kier molecular flexibility index (Phi) is 4.86. The van der Waals surface area contributed by atoms with E-state index in [1.54, 1.807) is 11.8 Å². The Balaban J connectivity index is 1.86. The van der Waals surface area contributed by atoms with E-state index < -0.39 is 11.9 Å². The minimum Gasteiger partial charge on any atom is -0.481 e. The van der Waals surface area contributed by atoms with Crippen LogP contribution in [0.4, 0.5) is 4.79 Å². The van der Waals surface area contributed by atoms with Crippen molar-refractivity contribution in [3.8, 4) is 0 Å². The molecule has 0 aromatic carbocycles. The molecule has 2 N–H and O–H groups in total. The van der Waals surface area contributed by atoms with Gasteiger partial charge in [-0.25, -0.2) is 4.79 Å². The Bertz CT molecular complexity index is 370. The minimum atomic E-state index is -0.878. The van der Waals surface area contributed by atoms with Crippen LogP contribution in [0.25, 0.3) is 0 Å². The lowest BCUT2D eigenvalue weighted by Crippen LogP contribution is -2.49. The van der Waals surface area contributed by atoms with Gasteiger partial charge in [0.1, 0.15) is 0 Å². The number of nitrogens with one attached hydrogen (secondary N) is 1. The van der Waals surface area contributed by atoms with Gasteiger partial charge in [-0.2, -0.15) is 0 Å². The number of hydrogen-bond donors (Lipinski definition) is 2. The molecule has 2 amide bonds. The molecule has 6 heteroatoms. The van der Waals surface area contributed by atoms with Crippen molar-refractivity contribution < 1.29 is 19.4 Å². The number of amides is 2. The molecule has 20 heavy (non-hydrogen) atoms. The Morgan fingerprint density at radius 1 is 1.40 bits per heavy atom. The maximum atomic E-state index is 12.2. The summed E-state index contributed by atoms with van der Waals surface area (Å²) >= 11 is 0. The van der Waals surface area contributed by atoms with Gasteiger partial charge in [-0.3, -0.25) is 4.79 Å². The van der Waals surface area contributed by atoms with E-state index in [4.69, 9.17) is 9.84 Å². The van der Waals surface area contributed by atoms with Gasteiger partial charge in [0.15, 0.2) is 0 Å². The highest BCUT2D eigenvalue weighted by Gasteiger charge is 2.41. The number of hydrogen-bond acceptors (Lipinski definition) is 3. The third kappa shape index (κ3) is 3.62. The van der Waals surface area contributed by atoms with E-state index in [2.05, 4.69) is 5.32 Å². The fourth-order valence-electron chi connectivity index (χ4n) is 2.67. The number of rotatable bonds is 6. The molecule has 0 aromatic heterocycles. The highest BCUT2D eigenvalue weighted by molar-refractivity contribution is 5.76. The number of carboxylic acids is 1. The molecule has 2 fully saturated rings. The number of aliphatic carboxylic acids is 1. The zero-order chi connectivity index (χ0) is 14.7. The van der Waals surface area contributed by atoms with Crippen molar-refractivity contribution in [2.45, 2.75) is 45.3 Å². The average molecular weight is 284 g/mol. The van der Waals surface area contributed by atoms with Crippen LogP contribution in [0.15, 0.2) is 0 Å². The average Bonchev–Trinajstić information content (AvgIpc) is 3.16. The second kappa shape index (κ2) is 6.43. The van der Waals surface area contributed by atoms with Gasteiger partial charge in [0.25, 0.3) is 0 Å². The largest absolute Gasteiger partial charge is 0.481 e. The number of carbonyl (C=O) groups excluding carboxylic acids is 1. The molecule has 3 unspecified atom stereocenters. The number of carboxylic acid groups (broad SMARTS) is 1. The van der Waals surface area contributed by atoms with Crippen molar-refractivity contribution >= 4 is 12.0 Å². The fourth-order valence-corrected chi connectivity index (χ4v) is 2.67.